The standard InChI is InChI=1S/C19H22N2O3S/c1-5-21(11-13(2)3)18(22)12-24-19(23)15-8-9-16(20-14(15)4)17-7-6-10-25-17/h6-10H,2,5,11-12H2,1,3-4H3. The van der Waals surface area contributed by atoms with E-state index in [1.807, 2.05) is 31.4 Å². The van der Waals surface area contributed by atoms with E-state index in [0.717, 1.165) is 16.1 Å². The molecule has 6 heteroatoms. The van der Waals surface area contributed by atoms with Gasteiger partial charge in [-0.25, -0.2) is 4.79 Å². The van der Waals surface area contributed by atoms with Crippen molar-refractivity contribution in [3.8, 4) is 10.6 Å². The molecule has 0 atom stereocenters. The Kier molecular flexibility index (Phi) is 6.47. The zero-order valence-electron chi connectivity index (χ0n) is 14.7. The van der Waals surface area contributed by atoms with Crippen molar-refractivity contribution in [3.05, 3.63) is 53.1 Å². The maximum Gasteiger partial charge on any atom is 0.340 e. The molecule has 0 aliphatic heterocycles. The van der Waals surface area contributed by atoms with Crippen LogP contribution in [0.15, 0.2) is 41.8 Å². The van der Waals surface area contributed by atoms with Gasteiger partial charge in [-0.05, 0) is 44.4 Å². The van der Waals surface area contributed by atoms with Crippen LogP contribution in [0.2, 0.25) is 0 Å². The van der Waals surface area contributed by atoms with Crippen molar-refractivity contribution >= 4 is 23.2 Å². The average molecular weight is 358 g/mol. The number of ether oxygens (including phenoxy) is 1. The van der Waals surface area contributed by atoms with Crippen LogP contribution in [-0.4, -0.2) is 41.5 Å². The molecule has 2 aromatic heterocycles. The van der Waals surface area contributed by atoms with Gasteiger partial charge in [0, 0.05) is 13.1 Å². The van der Waals surface area contributed by atoms with Crippen LogP contribution < -0.4 is 0 Å². The minimum absolute atomic E-state index is 0.236. The molecule has 0 aromatic carbocycles. The summed E-state index contributed by atoms with van der Waals surface area (Å²) < 4.78 is 5.17. The van der Waals surface area contributed by atoms with Crippen LogP contribution in [0, 0.1) is 6.92 Å². The van der Waals surface area contributed by atoms with Gasteiger partial charge in [0.25, 0.3) is 5.91 Å². The highest BCUT2D eigenvalue weighted by molar-refractivity contribution is 7.13. The average Bonchev–Trinajstić information content (AvgIpc) is 3.11. The molecular formula is C19H22N2O3S. The maximum atomic E-state index is 12.3. The predicted molar refractivity (Wildman–Crippen MR) is 99.6 cm³/mol. The summed E-state index contributed by atoms with van der Waals surface area (Å²) in [5, 5.41) is 1.98. The first kappa shape index (κ1) is 18.9. The molecule has 0 spiro atoms. The molecule has 5 nitrogen and oxygen atoms in total. The van der Waals surface area contributed by atoms with E-state index in [0.29, 0.717) is 24.3 Å². The van der Waals surface area contributed by atoms with Crippen LogP contribution in [0.25, 0.3) is 10.6 Å². The van der Waals surface area contributed by atoms with E-state index >= 15 is 0 Å². The first-order valence-corrected chi connectivity index (χ1v) is 8.91. The number of aromatic nitrogens is 1. The van der Waals surface area contributed by atoms with Gasteiger partial charge in [0.2, 0.25) is 0 Å². The summed E-state index contributed by atoms with van der Waals surface area (Å²) in [5.41, 5.74) is 2.65. The van der Waals surface area contributed by atoms with Crippen molar-refractivity contribution in [1.29, 1.82) is 0 Å². The van der Waals surface area contributed by atoms with Crippen LogP contribution in [0.4, 0.5) is 0 Å². The molecule has 0 saturated carbocycles. The van der Waals surface area contributed by atoms with Gasteiger partial charge >= 0.3 is 5.97 Å². The number of carbonyl (C=O) groups excluding carboxylic acids is 2. The van der Waals surface area contributed by atoms with Crippen molar-refractivity contribution in [2.45, 2.75) is 20.8 Å². The fourth-order valence-electron chi connectivity index (χ4n) is 2.34. The molecule has 0 saturated heterocycles. The van der Waals surface area contributed by atoms with E-state index in [2.05, 4.69) is 11.6 Å². The Morgan fingerprint density at radius 1 is 1.32 bits per heavy atom. The fourth-order valence-corrected chi connectivity index (χ4v) is 3.03. The highest BCUT2D eigenvalue weighted by Gasteiger charge is 2.17. The summed E-state index contributed by atoms with van der Waals surface area (Å²) in [6.45, 7) is 10.0. The Morgan fingerprint density at radius 2 is 2.08 bits per heavy atom. The molecular weight excluding hydrogens is 336 g/mol. The van der Waals surface area contributed by atoms with Crippen LogP contribution in [-0.2, 0) is 9.53 Å². The molecule has 2 rings (SSSR count). The van der Waals surface area contributed by atoms with Gasteiger partial charge in [0.1, 0.15) is 0 Å². The summed E-state index contributed by atoms with van der Waals surface area (Å²) in [6, 6.07) is 7.41. The second-order valence-corrected chi connectivity index (χ2v) is 6.70. The maximum absolute atomic E-state index is 12.3. The van der Waals surface area contributed by atoms with Gasteiger partial charge in [-0.1, -0.05) is 18.2 Å². The molecule has 2 aromatic rings. The summed E-state index contributed by atoms with van der Waals surface area (Å²) in [4.78, 5) is 31.5. The Bertz CT molecular complexity index is 769. The van der Waals surface area contributed by atoms with Crippen LogP contribution in [0.1, 0.15) is 29.9 Å². The van der Waals surface area contributed by atoms with Gasteiger partial charge in [0.05, 0.1) is 21.8 Å². The summed E-state index contributed by atoms with van der Waals surface area (Å²) >= 11 is 1.59. The van der Waals surface area contributed by atoms with E-state index in [9.17, 15) is 9.59 Å². The summed E-state index contributed by atoms with van der Waals surface area (Å²) in [6.07, 6.45) is 0. The minimum atomic E-state index is -0.539. The van der Waals surface area contributed by atoms with Gasteiger partial charge in [-0.15, -0.1) is 11.3 Å². The molecule has 0 fully saturated rings. The number of thiophene rings is 1. The summed E-state index contributed by atoms with van der Waals surface area (Å²) in [7, 11) is 0. The largest absolute Gasteiger partial charge is 0.452 e. The zero-order valence-corrected chi connectivity index (χ0v) is 15.6. The molecule has 25 heavy (non-hydrogen) atoms. The van der Waals surface area contributed by atoms with Crippen LogP contribution >= 0.6 is 11.3 Å². The Balaban J connectivity index is 2.01. The molecule has 0 bridgehead atoms. The number of esters is 1. The number of carbonyl (C=O) groups is 2. The molecule has 1 amide bonds. The van der Waals surface area contributed by atoms with Gasteiger partial charge < -0.3 is 9.64 Å². The van der Waals surface area contributed by atoms with E-state index in [1.165, 1.54) is 0 Å². The first-order chi connectivity index (χ1) is 11.9. The normalized spacial score (nSPS) is 10.4. The number of hydrogen-bond acceptors (Lipinski definition) is 5. The number of pyridine rings is 1. The van der Waals surface area contributed by atoms with Crippen molar-refractivity contribution in [2.24, 2.45) is 0 Å². The molecule has 0 aliphatic rings. The molecule has 0 N–H and O–H groups in total. The topological polar surface area (TPSA) is 59.5 Å². The molecule has 0 radical (unpaired) electrons. The Labute approximate surface area is 152 Å². The van der Waals surface area contributed by atoms with Crippen LogP contribution in [0.3, 0.4) is 0 Å². The third kappa shape index (κ3) is 5.00. The van der Waals surface area contributed by atoms with Crippen molar-refractivity contribution in [2.75, 3.05) is 19.7 Å². The lowest BCUT2D eigenvalue weighted by Gasteiger charge is -2.20. The van der Waals surface area contributed by atoms with Crippen LogP contribution in [0.5, 0.6) is 0 Å². The van der Waals surface area contributed by atoms with E-state index in [-0.39, 0.29) is 12.5 Å². The third-order valence-corrected chi connectivity index (χ3v) is 4.49. The van der Waals surface area contributed by atoms with E-state index < -0.39 is 5.97 Å². The lowest BCUT2D eigenvalue weighted by atomic mass is 10.2. The van der Waals surface area contributed by atoms with Crippen molar-refractivity contribution < 1.29 is 14.3 Å². The lowest BCUT2D eigenvalue weighted by Crippen LogP contribution is -2.35. The highest BCUT2D eigenvalue weighted by Crippen LogP contribution is 2.23. The summed E-state index contributed by atoms with van der Waals surface area (Å²) in [5.74, 6) is -0.776. The second-order valence-electron chi connectivity index (χ2n) is 5.75. The molecule has 132 valence electrons. The third-order valence-electron chi connectivity index (χ3n) is 3.60. The molecule has 0 unspecified atom stereocenters. The molecule has 0 aliphatic carbocycles. The quantitative estimate of drug-likeness (QED) is 0.559. The second kappa shape index (κ2) is 8.58. The Hall–Kier alpha value is -2.47. The van der Waals surface area contributed by atoms with Gasteiger partial charge in [0.15, 0.2) is 6.61 Å². The van der Waals surface area contributed by atoms with Crippen molar-refractivity contribution in [1.82, 2.24) is 9.88 Å². The van der Waals surface area contributed by atoms with Crippen molar-refractivity contribution in [3.63, 3.8) is 0 Å². The molecule has 2 heterocycles. The van der Waals surface area contributed by atoms with E-state index in [4.69, 9.17) is 4.74 Å². The number of amides is 1. The number of nitrogens with zero attached hydrogens (tertiary/aromatic N) is 2. The first-order valence-electron chi connectivity index (χ1n) is 8.03. The van der Waals surface area contributed by atoms with E-state index in [1.54, 1.807) is 35.3 Å². The monoisotopic (exact) mass is 358 g/mol. The SMILES string of the molecule is C=C(C)CN(CC)C(=O)COC(=O)c1ccc(-c2cccs2)nc1C. The minimum Gasteiger partial charge on any atom is -0.452 e. The number of likely N-dealkylation sites (N-methyl/N-ethyl adjacent to an activating group) is 1. The number of rotatable bonds is 7. The highest BCUT2D eigenvalue weighted by atomic mass is 32.1. The number of aryl methyl sites for hydroxylation is 1. The smallest absolute Gasteiger partial charge is 0.340 e. The predicted octanol–water partition coefficient (Wildman–Crippen LogP) is 3.70. The fraction of sp³-hybridized carbons (Fsp3) is 0.316. The van der Waals surface area contributed by atoms with Gasteiger partial charge in [-0.2, -0.15) is 0 Å². The zero-order chi connectivity index (χ0) is 18.4. The number of hydrogen-bond donors (Lipinski definition) is 0. The van der Waals surface area contributed by atoms with Gasteiger partial charge in [-0.3, -0.25) is 9.78 Å². The Morgan fingerprint density at radius 3 is 2.64 bits per heavy atom. The lowest BCUT2D eigenvalue weighted by molar-refractivity contribution is -0.133.